The van der Waals surface area contributed by atoms with Crippen LogP contribution in [0.15, 0.2) is 0 Å². The zero-order valence-electron chi connectivity index (χ0n) is 6.93. The lowest BCUT2D eigenvalue weighted by molar-refractivity contribution is 0.0518. The van der Waals surface area contributed by atoms with Crippen LogP contribution in [0.4, 0.5) is 0 Å². The lowest BCUT2D eigenvalue weighted by Gasteiger charge is -2.21. The fourth-order valence-corrected chi connectivity index (χ4v) is 2.46. The Bertz CT molecular complexity index is 176. The van der Waals surface area contributed by atoms with Crippen LogP contribution >= 0.6 is 0 Å². The van der Waals surface area contributed by atoms with Gasteiger partial charge in [0, 0.05) is 25.0 Å². The first kappa shape index (κ1) is 8.44. The van der Waals surface area contributed by atoms with Crippen molar-refractivity contribution in [1.82, 2.24) is 4.90 Å². The normalized spacial score (nSPS) is 48.2. The Morgan fingerprint density at radius 3 is 2.67 bits per heavy atom. The molecule has 0 bridgehead atoms. The van der Waals surface area contributed by atoms with Gasteiger partial charge >= 0.3 is 0 Å². The van der Waals surface area contributed by atoms with Gasteiger partial charge in [-0.3, -0.25) is 4.90 Å². The number of hydrogen-bond donors (Lipinski definition) is 3. The second kappa shape index (κ2) is 2.96. The Kier molecular flexibility index (Phi) is 2.08. The summed E-state index contributed by atoms with van der Waals surface area (Å²) in [5.74, 6) is -0.150. The minimum Gasteiger partial charge on any atom is -0.396 e. The summed E-state index contributed by atoms with van der Waals surface area (Å²) < 4.78 is 0. The van der Waals surface area contributed by atoms with Crippen LogP contribution < -0.4 is 0 Å². The van der Waals surface area contributed by atoms with Gasteiger partial charge in [0.05, 0.1) is 18.8 Å². The van der Waals surface area contributed by atoms with Crippen LogP contribution in [0.2, 0.25) is 0 Å². The van der Waals surface area contributed by atoms with Crippen LogP contribution in [-0.2, 0) is 0 Å². The number of aliphatic hydroxyl groups is 3. The third-order valence-electron chi connectivity index (χ3n) is 3.09. The monoisotopic (exact) mass is 173 g/mol. The van der Waals surface area contributed by atoms with Crippen LogP contribution in [0.3, 0.4) is 0 Å². The average molecular weight is 173 g/mol. The van der Waals surface area contributed by atoms with E-state index in [1.165, 1.54) is 0 Å². The van der Waals surface area contributed by atoms with Gasteiger partial charge in [-0.25, -0.2) is 0 Å². The third kappa shape index (κ3) is 1.07. The first-order valence-corrected chi connectivity index (χ1v) is 4.45. The Morgan fingerprint density at radius 1 is 1.25 bits per heavy atom. The van der Waals surface area contributed by atoms with E-state index in [4.69, 9.17) is 5.11 Å². The molecule has 0 saturated carbocycles. The van der Waals surface area contributed by atoms with E-state index in [1.54, 1.807) is 0 Å². The zero-order valence-corrected chi connectivity index (χ0v) is 6.93. The Balaban J connectivity index is 2.12. The topological polar surface area (TPSA) is 63.9 Å². The van der Waals surface area contributed by atoms with Crippen LogP contribution in [-0.4, -0.2) is 58.2 Å². The van der Waals surface area contributed by atoms with Gasteiger partial charge in [0.2, 0.25) is 0 Å². The maximum absolute atomic E-state index is 9.55. The molecule has 12 heavy (non-hydrogen) atoms. The van der Waals surface area contributed by atoms with Gasteiger partial charge in [0.1, 0.15) is 0 Å². The number of hydrogen-bond acceptors (Lipinski definition) is 4. The van der Waals surface area contributed by atoms with Crippen LogP contribution in [0.1, 0.15) is 6.42 Å². The minimum atomic E-state index is -0.463. The van der Waals surface area contributed by atoms with Crippen LogP contribution in [0.25, 0.3) is 0 Å². The molecular formula is C8H15NO3. The van der Waals surface area contributed by atoms with Gasteiger partial charge in [0.15, 0.2) is 0 Å². The molecule has 2 heterocycles. The van der Waals surface area contributed by atoms with Crippen molar-refractivity contribution in [2.45, 2.75) is 24.7 Å². The highest BCUT2D eigenvalue weighted by Crippen LogP contribution is 2.32. The predicted molar refractivity (Wildman–Crippen MR) is 42.6 cm³/mol. The van der Waals surface area contributed by atoms with Gasteiger partial charge < -0.3 is 15.3 Å². The highest BCUT2D eigenvalue weighted by Gasteiger charge is 2.47. The molecule has 0 aromatic heterocycles. The summed E-state index contributed by atoms with van der Waals surface area (Å²) in [4.78, 5) is 2.07. The summed E-state index contributed by atoms with van der Waals surface area (Å²) in [6, 6.07) is -0.00926. The first-order valence-electron chi connectivity index (χ1n) is 4.45. The van der Waals surface area contributed by atoms with E-state index in [1.807, 2.05) is 0 Å². The summed E-state index contributed by atoms with van der Waals surface area (Å²) in [5, 5.41) is 28.1. The third-order valence-corrected chi connectivity index (χ3v) is 3.09. The molecule has 2 rings (SSSR count). The van der Waals surface area contributed by atoms with Crippen molar-refractivity contribution in [2.75, 3.05) is 19.7 Å². The smallest absolute Gasteiger partial charge is 0.0733 e. The molecule has 70 valence electrons. The van der Waals surface area contributed by atoms with E-state index in [-0.39, 0.29) is 24.7 Å². The lowest BCUT2D eigenvalue weighted by atomic mass is 9.95. The van der Waals surface area contributed by atoms with E-state index in [9.17, 15) is 10.2 Å². The van der Waals surface area contributed by atoms with Gasteiger partial charge in [-0.1, -0.05) is 0 Å². The van der Waals surface area contributed by atoms with E-state index >= 15 is 0 Å². The minimum absolute atomic E-state index is 0.00926. The van der Waals surface area contributed by atoms with Crippen molar-refractivity contribution in [1.29, 1.82) is 0 Å². The second-order valence-electron chi connectivity index (χ2n) is 3.76. The van der Waals surface area contributed by atoms with Crippen molar-refractivity contribution in [3.05, 3.63) is 0 Å². The van der Waals surface area contributed by atoms with E-state index in [0.717, 1.165) is 13.0 Å². The first-order chi connectivity index (χ1) is 5.74. The maximum Gasteiger partial charge on any atom is 0.0733 e. The summed E-state index contributed by atoms with van der Waals surface area (Å²) in [6.45, 7) is 1.42. The van der Waals surface area contributed by atoms with Crippen LogP contribution in [0, 0.1) is 5.92 Å². The molecule has 4 nitrogen and oxygen atoms in total. The Labute approximate surface area is 71.4 Å². The molecule has 4 heteroatoms. The summed E-state index contributed by atoms with van der Waals surface area (Å²) in [5.41, 5.74) is 0. The van der Waals surface area contributed by atoms with Crippen molar-refractivity contribution in [3.63, 3.8) is 0 Å². The molecule has 0 aromatic carbocycles. The van der Waals surface area contributed by atoms with Crippen LogP contribution in [0.5, 0.6) is 0 Å². The molecule has 2 saturated heterocycles. The molecule has 0 amide bonds. The maximum atomic E-state index is 9.55. The molecule has 0 aliphatic carbocycles. The number of rotatable bonds is 1. The van der Waals surface area contributed by atoms with Crippen molar-refractivity contribution >= 4 is 0 Å². The predicted octanol–water partition coefficient (Wildman–Crippen LogP) is -1.60. The van der Waals surface area contributed by atoms with Gasteiger partial charge in [0.25, 0.3) is 0 Å². The largest absolute Gasteiger partial charge is 0.396 e. The lowest BCUT2D eigenvalue weighted by Crippen LogP contribution is -2.36. The molecule has 3 N–H and O–H groups in total. The molecule has 0 radical (unpaired) electrons. The van der Waals surface area contributed by atoms with E-state index in [0.29, 0.717) is 6.54 Å². The number of fused-ring (bicyclic) bond motifs is 1. The van der Waals surface area contributed by atoms with Crippen molar-refractivity contribution in [2.24, 2.45) is 5.92 Å². The standard InChI is InChI=1S/C8H15NO3/c10-4-5-7(12)3-9-2-1-6(11)8(5)9/h5-8,10-12H,1-4H2/t5-,6+,7-,8+/m0/s1. The Morgan fingerprint density at radius 2 is 2.00 bits per heavy atom. The summed E-state index contributed by atoms with van der Waals surface area (Å²) >= 11 is 0. The fourth-order valence-electron chi connectivity index (χ4n) is 2.46. The summed E-state index contributed by atoms with van der Waals surface area (Å²) in [6.07, 6.45) is -0.0531. The molecule has 0 spiro atoms. The SMILES string of the molecule is OC[C@@H]1[C@@H]2[C@H](O)CCN2C[C@@H]1O. The van der Waals surface area contributed by atoms with E-state index in [2.05, 4.69) is 4.90 Å². The molecule has 2 fully saturated rings. The van der Waals surface area contributed by atoms with Crippen molar-refractivity contribution in [3.8, 4) is 0 Å². The highest BCUT2D eigenvalue weighted by molar-refractivity contribution is 5.00. The van der Waals surface area contributed by atoms with E-state index < -0.39 is 6.10 Å². The number of nitrogens with zero attached hydrogens (tertiary/aromatic N) is 1. The Hall–Kier alpha value is -0.160. The molecule has 2 aliphatic rings. The zero-order chi connectivity index (χ0) is 8.72. The summed E-state index contributed by atoms with van der Waals surface area (Å²) in [7, 11) is 0. The molecule has 0 aromatic rings. The fraction of sp³-hybridized carbons (Fsp3) is 1.00. The molecule has 2 aliphatic heterocycles. The van der Waals surface area contributed by atoms with Gasteiger partial charge in [-0.15, -0.1) is 0 Å². The molecular weight excluding hydrogens is 158 g/mol. The van der Waals surface area contributed by atoms with Gasteiger partial charge in [-0.05, 0) is 6.42 Å². The number of aliphatic hydroxyl groups excluding tert-OH is 3. The second-order valence-corrected chi connectivity index (χ2v) is 3.76. The quantitative estimate of drug-likeness (QED) is 0.447. The average Bonchev–Trinajstić information content (AvgIpc) is 2.52. The van der Waals surface area contributed by atoms with Gasteiger partial charge in [-0.2, -0.15) is 0 Å². The highest BCUT2D eigenvalue weighted by atomic mass is 16.3. The molecule has 4 atom stereocenters. The molecule has 0 unspecified atom stereocenters. The van der Waals surface area contributed by atoms with Crippen molar-refractivity contribution < 1.29 is 15.3 Å².